The van der Waals surface area contributed by atoms with Gasteiger partial charge in [0.15, 0.2) is 0 Å². The Labute approximate surface area is 146 Å². The van der Waals surface area contributed by atoms with Gasteiger partial charge in [-0.3, -0.25) is 9.59 Å². The Morgan fingerprint density at radius 2 is 1.83 bits per heavy atom. The molecular formula is C16H13BrClN3O2. The molecule has 0 saturated heterocycles. The number of amides is 2. The van der Waals surface area contributed by atoms with E-state index in [2.05, 4.69) is 31.8 Å². The van der Waals surface area contributed by atoms with Crippen molar-refractivity contribution in [1.29, 1.82) is 0 Å². The van der Waals surface area contributed by atoms with E-state index in [1.54, 1.807) is 24.3 Å². The average molecular weight is 395 g/mol. The van der Waals surface area contributed by atoms with Gasteiger partial charge in [0.25, 0.3) is 11.8 Å². The maximum absolute atomic E-state index is 11.8. The van der Waals surface area contributed by atoms with E-state index in [1.165, 1.54) is 6.21 Å². The first-order chi connectivity index (χ1) is 11.1. The molecule has 2 N–H and O–H groups in total. The van der Waals surface area contributed by atoms with Crippen molar-refractivity contribution >= 4 is 45.6 Å². The predicted molar refractivity (Wildman–Crippen MR) is 93.7 cm³/mol. The first-order valence-corrected chi connectivity index (χ1v) is 7.83. The first kappa shape index (κ1) is 17.2. The molecular weight excluding hydrogens is 382 g/mol. The third-order valence-electron chi connectivity index (χ3n) is 2.81. The largest absolute Gasteiger partial charge is 0.343 e. The number of carbonyl (C=O) groups is 2. The number of rotatable bonds is 5. The highest BCUT2D eigenvalue weighted by Crippen LogP contribution is 2.13. The van der Waals surface area contributed by atoms with Crippen LogP contribution in [-0.2, 0) is 4.79 Å². The van der Waals surface area contributed by atoms with Crippen LogP contribution in [0.25, 0.3) is 0 Å². The van der Waals surface area contributed by atoms with E-state index in [-0.39, 0.29) is 12.5 Å². The summed E-state index contributed by atoms with van der Waals surface area (Å²) in [7, 11) is 0. The summed E-state index contributed by atoms with van der Waals surface area (Å²) >= 11 is 9.12. The minimum Gasteiger partial charge on any atom is -0.343 e. The lowest BCUT2D eigenvalue weighted by Gasteiger charge is -2.04. The van der Waals surface area contributed by atoms with Crippen LogP contribution in [0.15, 0.2) is 58.1 Å². The van der Waals surface area contributed by atoms with Gasteiger partial charge in [-0.2, -0.15) is 5.10 Å². The highest BCUT2D eigenvalue weighted by Gasteiger charge is 2.07. The molecule has 0 aliphatic heterocycles. The van der Waals surface area contributed by atoms with Crippen LogP contribution in [0.2, 0.25) is 5.02 Å². The van der Waals surface area contributed by atoms with E-state index in [4.69, 9.17) is 11.6 Å². The Bertz CT molecular complexity index is 732. The van der Waals surface area contributed by atoms with Crippen LogP contribution in [0.1, 0.15) is 15.9 Å². The normalized spacial score (nSPS) is 10.5. The fraction of sp³-hybridized carbons (Fsp3) is 0.0625. The van der Waals surface area contributed by atoms with E-state index < -0.39 is 5.91 Å². The molecule has 2 aromatic rings. The fourth-order valence-electron chi connectivity index (χ4n) is 1.66. The van der Waals surface area contributed by atoms with Crippen molar-refractivity contribution in [3.8, 4) is 0 Å². The number of hydrazone groups is 1. The molecule has 23 heavy (non-hydrogen) atoms. The predicted octanol–water partition coefficient (Wildman–Crippen LogP) is 2.98. The molecule has 0 fully saturated rings. The van der Waals surface area contributed by atoms with Crippen molar-refractivity contribution < 1.29 is 9.59 Å². The summed E-state index contributed by atoms with van der Waals surface area (Å²) in [6, 6.07) is 13.8. The highest BCUT2D eigenvalue weighted by molar-refractivity contribution is 9.10. The Morgan fingerprint density at radius 1 is 1.13 bits per heavy atom. The Hall–Kier alpha value is -2.18. The van der Waals surface area contributed by atoms with Crippen LogP contribution >= 0.6 is 27.5 Å². The van der Waals surface area contributed by atoms with Crippen LogP contribution in [-0.4, -0.2) is 24.6 Å². The zero-order valence-electron chi connectivity index (χ0n) is 11.9. The van der Waals surface area contributed by atoms with E-state index >= 15 is 0 Å². The molecule has 0 aliphatic rings. The first-order valence-electron chi connectivity index (χ1n) is 6.66. The molecule has 2 aromatic carbocycles. The molecule has 2 amide bonds. The molecule has 0 radical (unpaired) electrons. The third-order valence-corrected chi connectivity index (χ3v) is 3.79. The topological polar surface area (TPSA) is 70.6 Å². The van der Waals surface area contributed by atoms with Gasteiger partial charge in [0.05, 0.1) is 12.8 Å². The van der Waals surface area contributed by atoms with Gasteiger partial charge in [0, 0.05) is 20.6 Å². The Kier molecular flexibility index (Phi) is 6.31. The number of hydrogen-bond donors (Lipinski definition) is 2. The van der Waals surface area contributed by atoms with Crippen molar-refractivity contribution in [2.45, 2.75) is 0 Å². The second kappa shape index (κ2) is 8.45. The zero-order valence-corrected chi connectivity index (χ0v) is 14.3. The maximum Gasteiger partial charge on any atom is 0.259 e. The number of nitrogens with zero attached hydrogens (tertiary/aromatic N) is 1. The molecule has 0 aromatic heterocycles. The van der Waals surface area contributed by atoms with Gasteiger partial charge in [0.1, 0.15) is 0 Å². The van der Waals surface area contributed by atoms with Crippen molar-refractivity contribution in [2.75, 3.05) is 6.54 Å². The molecule has 0 unspecified atom stereocenters. The summed E-state index contributed by atoms with van der Waals surface area (Å²) < 4.78 is 0.869. The van der Waals surface area contributed by atoms with Crippen LogP contribution in [0.5, 0.6) is 0 Å². The van der Waals surface area contributed by atoms with Crippen molar-refractivity contribution in [3.05, 3.63) is 69.2 Å². The zero-order chi connectivity index (χ0) is 16.7. The number of hydrogen-bond acceptors (Lipinski definition) is 3. The van der Waals surface area contributed by atoms with Crippen molar-refractivity contribution in [3.63, 3.8) is 0 Å². The molecule has 7 heteroatoms. The summed E-state index contributed by atoms with van der Waals surface area (Å²) in [4.78, 5) is 23.5. The molecule has 5 nitrogen and oxygen atoms in total. The molecule has 2 rings (SSSR count). The monoisotopic (exact) mass is 393 g/mol. The van der Waals surface area contributed by atoms with Gasteiger partial charge in [-0.25, -0.2) is 5.43 Å². The van der Waals surface area contributed by atoms with Crippen LogP contribution in [0.3, 0.4) is 0 Å². The van der Waals surface area contributed by atoms with Crippen LogP contribution < -0.4 is 10.7 Å². The van der Waals surface area contributed by atoms with E-state index in [1.807, 2.05) is 24.3 Å². The minimum atomic E-state index is -0.421. The SMILES string of the molecule is O=C(CNC(=O)c1ccc(Cl)cc1)N/N=C/c1ccccc1Br. The van der Waals surface area contributed by atoms with Gasteiger partial charge >= 0.3 is 0 Å². The lowest BCUT2D eigenvalue weighted by Crippen LogP contribution is -2.34. The highest BCUT2D eigenvalue weighted by atomic mass is 79.9. The quantitative estimate of drug-likeness (QED) is 0.604. The van der Waals surface area contributed by atoms with Crippen LogP contribution in [0, 0.1) is 0 Å². The van der Waals surface area contributed by atoms with E-state index in [0.29, 0.717) is 10.6 Å². The molecule has 0 saturated carbocycles. The summed E-state index contributed by atoms with van der Waals surface area (Å²) in [5.41, 5.74) is 3.61. The molecule has 0 heterocycles. The lowest BCUT2D eigenvalue weighted by molar-refractivity contribution is -0.120. The van der Waals surface area contributed by atoms with Gasteiger partial charge in [-0.15, -0.1) is 0 Å². The molecule has 118 valence electrons. The third kappa shape index (κ3) is 5.50. The number of benzene rings is 2. The molecule has 0 bridgehead atoms. The minimum absolute atomic E-state index is 0.172. The van der Waals surface area contributed by atoms with Gasteiger partial charge < -0.3 is 5.32 Å². The Balaban J connectivity index is 1.80. The number of halogens is 2. The smallest absolute Gasteiger partial charge is 0.259 e. The number of carbonyl (C=O) groups excluding carboxylic acids is 2. The van der Waals surface area contributed by atoms with Crippen molar-refractivity contribution in [2.24, 2.45) is 5.10 Å². The van der Waals surface area contributed by atoms with Crippen molar-refractivity contribution in [1.82, 2.24) is 10.7 Å². The summed E-state index contributed by atoms with van der Waals surface area (Å²) in [5.74, 6) is -0.776. The van der Waals surface area contributed by atoms with Gasteiger partial charge in [-0.1, -0.05) is 45.7 Å². The maximum atomic E-state index is 11.8. The average Bonchev–Trinajstić information content (AvgIpc) is 2.55. The lowest BCUT2D eigenvalue weighted by atomic mass is 10.2. The second-order valence-electron chi connectivity index (χ2n) is 4.50. The molecule has 0 aliphatic carbocycles. The summed E-state index contributed by atoms with van der Waals surface area (Å²) in [6.45, 7) is -0.172. The summed E-state index contributed by atoms with van der Waals surface area (Å²) in [5, 5.41) is 6.88. The van der Waals surface area contributed by atoms with E-state index in [0.717, 1.165) is 10.0 Å². The Morgan fingerprint density at radius 3 is 2.52 bits per heavy atom. The van der Waals surface area contributed by atoms with E-state index in [9.17, 15) is 9.59 Å². The van der Waals surface area contributed by atoms with Crippen LogP contribution in [0.4, 0.5) is 0 Å². The molecule has 0 spiro atoms. The number of nitrogens with one attached hydrogen (secondary N) is 2. The van der Waals surface area contributed by atoms with Gasteiger partial charge in [-0.05, 0) is 30.3 Å². The fourth-order valence-corrected chi connectivity index (χ4v) is 2.17. The summed E-state index contributed by atoms with van der Waals surface area (Å²) in [6.07, 6.45) is 1.52. The second-order valence-corrected chi connectivity index (χ2v) is 5.80. The van der Waals surface area contributed by atoms with Gasteiger partial charge in [0.2, 0.25) is 0 Å². The molecule has 0 atom stereocenters. The standard InChI is InChI=1S/C16H13BrClN3O2/c17-14-4-2-1-3-12(14)9-20-21-15(22)10-19-16(23)11-5-7-13(18)8-6-11/h1-9H,10H2,(H,19,23)(H,21,22)/b20-9+.